The van der Waals surface area contributed by atoms with Gasteiger partial charge in [0.25, 0.3) is 5.91 Å². The number of pyridine rings is 1. The number of carbonyl (C=O) groups is 3. The lowest BCUT2D eigenvalue weighted by molar-refractivity contribution is -0.130. The van der Waals surface area contributed by atoms with Crippen molar-refractivity contribution < 1.29 is 18.8 Å². The van der Waals surface area contributed by atoms with Gasteiger partial charge in [0, 0.05) is 18.3 Å². The van der Waals surface area contributed by atoms with Crippen molar-refractivity contribution >= 4 is 29.2 Å². The predicted octanol–water partition coefficient (Wildman–Crippen LogP) is 1.87. The highest BCUT2D eigenvalue weighted by atomic mass is 19.1. The van der Waals surface area contributed by atoms with Gasteiger partial charge in [0.1, 0.15) is 23.7 Å². The van der Waals surface area contributed by atoms with Crippen LogP contribution < -0.4 is 20.9 Å². The lowest BCUT2D eigenvalue weighted by Gasteiger charge is -2.31. The van der Waals surface area contributed by atoms with Crippen LogP contribution in [0.5, 0.6) is 0 Å². The first-order chi connectivity index (χ1) is 15.2. The second kappa shape index (κ2) is 9.86. The number of anilines is 2. The molecule has 0 fully saturated rings. The number of hydrogen-bond donors (Lipinski definition) is 3. The Kier molecular flexibility index (Phi) is 7.19. The van der Waals surface area contributed by atoms with Crippen LogP contribution in [0, 0.1) is 11.7 Å². The van der Waals surface area contributed by atoms with Gasteiger partial charge in [-0.3, -0.25) is 19.3 Å². The van der Waals surface area contributed by atoms with Gasteiger partial charge in [0.2, 0.25) is 11.8 Å². The molecule has 1 aromatic heterocycles. The van der Waals surface area contributed by atoms with E-state index in [-0.39, 0.29) is 18.2 Å². The third-order valence-corrected chi connectivity index (χ3v) is 5.51. The molecule has 9 heteroatoms. The maximum Gasteiger partial charge on any atom is 0.251 e. The molecule has 0 aliphatic carbocycles. The van der Waals surface area contributed by atoms with Crippen LogP contribution in [-0.4, -0.2) is 47.9 Å². The van der Waals surface area contributed by atoms with E-state index in [2.05, 4.69) is 20.9 Å². The van der Waals surface area contributed by atoms with Gasteiger partial charge in [0.05, 0.1) is 6.04 Å². The number of likely N-dealkylation sites (N-methyl/N-ethyl adjacent to an activating group) is 1. The fraction of sp³-hybridized carbons (Fsp3) is 0.391. The Morgan fingerprint density at radius 3 is 2.56 bits per heavy atom. The molecule has 2 unspecified atom stereocenters. The lowest BCUT2D eigenvalue weighted by atomic mass is 10.0. The van der Waals surface area contributed by atoms with E-state index in [9.17, 15) is 18.8 Å². The maximum atomic E-state index is 13.6. The van der Waals surface area contributed by atoms with Gasteiger partial charge in [-0.1, -0.05) is 26.0 Å². The van der Waals surface area contributed by atoms with E-state index >= 15 is 0 Å². The van der Waals surface area contributed by atoms with Crippen molar-refractivity contribution in [2.75, 3.05) is 17.3 Å². The molecule has 1 aromatic carbocycles. The van der Waals surface area contributed by atoms with E-state index in [1.807, 2.05) is 19.9 Å². The largest absolute Gasteiger partial charge is 0.343 e. The van der Waals surface area contributed by atoms with E-state index in [1.165, 1.54) is 23.1 Å². The first-order valence-corrected chi connectivity index (χ1v) is 10.5. The van der Waals surface area contributed by atoms with Crippen LogP contribution in [0.1, 0.15) is 26.3 Å². The van der Waals surface area contributed by atoms with Gasteiger partial charge in [-0.2, -0.15) is 0 Å². The van der Waals surface area contributed by atoms with Crippen molar-refractivity contribution in [1.82, 2.24) is 15.6 Å². The third-order valence-electron chi connectivity index (χ3n) is 5.51. The molecule has 8 nitrogen and oxygen atoms in total. The summed E-state index contributed by atoms with van der Waals surface area (Å²) in [4.78, 5) is 44.9. The van der Waals surface area contributed by atoms with Gasteiger partial charge in [0.15, 0.2) is 0 Å². The molecule has 0 bridgehead atoms. The number of nitrogens with one attached hydrogen (secondary N) is 3. The topological polar surface area (TPSA) is 103 Å². The molecule has 0 spiro atoms. The number of fused-ring (bicyclic) bond motifs is 1. The Hall–Kier alpha value is -3.33. The van der Waals surface area contributed by atoms with Crippen molar-refractivity contribution in [3.8, 4) is 0 Å². The average Bonchev–Trinajstić information content (AvgIpc) is 3.16. The molecule has 170 valence electrons. The second-order valence-corrected chi connectivity index (χ2v) is 8.15. The Labute approximate surface area is 186 Å². The highest BCUT2D eigenvalue weighted by Crippen LogP contribution is 2.32. The van der Waals surface area contributed by atoms with Crippen LogP contribution >= 0.6 is 0 Å². The molecule has 0 radical (unpaired) electrons. The van der Waals surface area contributed by atoms with E-state index in [0.29, 0.717) is 11.5 Å². The number of carbonyl (C=O) groups excluding carboxylic acids is 3. The summed E-state index contributed by atoms with van der Waals surface area (Å²) in [6.45, 7) is 5.34. The van der Waals surface area contributed by atoms with E-state index in [4.69, 9.17) is 0 Å². The standard InChI is InChI=1S/C23H28FN5O3/c1-13(2)19(28-21(30)14(3)25-4)23(32)29-18(11-15-7-6-10-26-20(15)29)22(31)27-17-9-5-8-16(24)12-17/h5-10,12-14,18-19,25H,11H2,1-4H3,(H,27,31)(H,28,30)/t14-,18?,19?/m0/s1. The van der Waals surface area contributed by atoms with Crippen molar-refractivity contribution in [1.29, 1.82) is 0 Å². The molecular formula is C23H28FN5O3. The number of amides is 3. The molecule has 0 saturated heterocycles. The van der Waals surface area contributed by atoms with Gasteiger partial charge in [-0.15, -0.1) is 0 Å². The zero-order chi connectivity index (χ0) is 23.4. The summed E-state index contributed by atoms with van der Waals surface area (Å²) in [5.74, 6) is -1.52. The van der Waals surface area contributed by atoms with Crippen LogP contribution in [0.25, 0.3) is 0 Å². The number of halogens is 1. The summed E-state index contributed by atoms with van der Waals surface area (Å²) in [7, 11) is 1.66. The molecule has 2 aromatic rings. The summed E-state index contributed by atoms with van der Waals surface area (Å²) in [6, 6.07) is 6.89. The summed E-state index contributed by atoms with van der Waals surface area (Å²) in [5.41, 5.74) is 1.04. The molecular weight excluding hydrogens is 413 g/mol. The number of nitrogens with zero attached hydrogens (tertiary/aromatic N) is 2. The quantitative estimate of drug-likeness (QED) is 0.609. The average molecular weight is 442 g/mol. The monoisotopic (exact) mass is 441 g/mol. The molecule has 0 saturated carbocycles. The van der Waals surface area contributed by atoms with E-state index in [1.54, 1.807) is 32.3 Å². The van der Waals surface area contributed by atoms with Crippen molar-refractivity contribution in [2.45, 2.75) is 45.3 Å². The van der Waals surface area contributed by atoms with Gasteiger partial charge in [-0.25, -0.2) is 9.37 Å². The molecule has 32 heavy (non-hydrogen) atoms. The highest BCUT2D eigenvalue weighted by Gasteiger charge is 2.43. The van der Waals surface area contributed by atoms with Gasteiger partial charge in [-0.05, 0) is 49.7 Å². The predicted molar refractivity (Wildman–Crippen MR) is 120 cm³/mol. The molecule has 3 N–H and O–H groups in total. The van der Waals surface area contributed by atoms with Crippen LogP contribution in [-0.2, 0) is 20.8 Å². The second-order valence-electron chi connectivity index (χ2n) is 8.15. The first kappa shape index (κ1) is 23.3. The molecule has 3 amide bonds. The van der Waals surface area contributed by atoms with Crippen LogP contribution in [0.2, 0.25) is 0 Å². The van der Waals surface area contributed by atoms with Crippen molar-refractivity contribution in [2.24, 2.45) is 5.92 Å². The third kappa shape index (κ3) is 4.94. The van der Waals surface area contributed by atoms with Crippen LogP contribution in [0.3, 0.4) is 0 Å². The lowest BCUT2D eigenvalue weighted by Crippen LogP contribution is -2.57. The van der Waals surface area contributed by atoms with Gasteiger partial charge >= 0.3 is 0 Å². The fourth-order valence-electron chi connectivity index (χ4n) is 3.59. The number of hydrogen-bond acceptors (Lipinski definition) is 5. The summed E-state index contributed by atoms with van der Waals surface area (Å²) in [6.07, 6.45) is 1.82. The Morgan fingerprint density at radius 1 is 1.16 bits per heavy atom. The fourth-order valence-corrected chi connectivity index (χ4v) is 3.59. The smallest absolute Gasteiger partial charge is 0.251 e. The molecule has 1 aliphatic rings. The summed E-state index contributed by atoms with van der Waals surface area (Å²) in [5, 5.41) is 8.32. The SMILES string of the molecule is CN[C@@H](C)C(=O)NC(C(=O)N1c2ncccc2CC1C(=O)Nc1cccc(F)c1)C(C)C. The van der Waals surface area contributed by atoms with E-state index in [0.717, 1.165) is 5.56 Å². The minimum absolute atomic E-state index is 0.227. The number of aromatic nitrogens is 1. The minimum atomic E-state index is -0.879. The number of rotatable bonds is 7. The zero-order valence-corrected chi connectivity index (χ0v) is 18.6. The Balaban J connectivity index is 1.90. The highest BCUT2D eigenvalue weighted by molar-refractivity contribution is 6.09. The maximum absolute atomic E-state index is 13.6. The summed E-state index contributed by atoms with van der Waals surface area (Å²) >= 11 is 0. The molecule has 1 aliphatic heterocycles. The molecule has 3 rings (SSSR count). The molecule has 3 atom stereocenters. The van der Waals surface area contributed by atoms with Crippen molar-refractivity contribution in [3.05, 3.63) is 54.0 Å². The van der Waals surface area contributed by atoms with Crippen LogP contribution in [0.15, 0.2) is 42.6 Å². The summed E-state index contributed by atoms with van der Waals surface area (Å²) < 4.78 is 13.6. The van der Waals surface area contributed by atoms with Crippen LogP contribution in [0.4, 0.5) is 15.9 Å². The first-order valence-electron chi connectivity index (χ1n) is 10.5. The Bertz CT molecular complexity index is 1010. The van der Waals surface area contributed by atoms with Crippen molar-refractivity contribution in [3.63, 3.8) is 0 Å². The minimum Gasteiger partial charge on any atom is -0.343 e. The molecule has 2 heterocycles. The Morgan fingerprint density at radius 2 is 1.91 bits per heavy atom. The normalized spacial score (nSPS) is 16.9. The zero-order valence-electron chi connectivity index (χ0n) is 18.6. The van der Waals surface area contributed by atoms with E-state index < -0.39 is 35.8 Å². The van der Waals surface area contributed by atoms with Gasteiger partial charge < -0.3 is 16.0 Å². The number of benzene rings is 1.